The Bertz CT molecular complexity index is 915. The SMILES string of the molecule is CCCC/C=C/CCCCCCCC(=O)OCC(COCCC(C(=O)[O-])[N+](C)(C)C)OC(=O)CCCCCCCCCCCCCCCCCCCCCC. The number of hydrogen-bond donors (Lipinski definition) is 0. The lowest BCUT2D eigenvalue weighted by atomic mass is 10.0. The molecule has 0 fully saturated rings. The number of rotatable bonds is 42. The van der Waals surface area contributed by atoms with E-state index in [-0.39, 0.29) is 42.7 Å². The molecule has 0 bridgehead atoms. The maximum atomic E-state index is 12.7. The molecule has 8 nitrogen and oxygen atoms in total. The van der Waals surface area contributed by atoms with E-state index in [1.807, 2.05) is 0 Å². The van der Waals surface area contributed by atoms with Crippen LogP contribution in [-0.2, 0) is 28.6 Å². The monoisotopic (exact) mass is 780 g/mol. The first-order valence-electron chi connectivity index (χ1n) is 23.2. The summed E-state index contributed by atoms with van der Waals surface area (Å²) in [5.41, 5.74) is 0. The number of carbonyl (C=O) groups excluding carboxylic acids is 3. The topological polar surface area (TPSA) is 102 Å². The molecule has 8 heteroatoms. The average molecular weight is 780 g/mol. The molecule has 0 saturated heterocycles. The molecule has 0 aromatic heterocycles. The number of carbonyl (C=O) groups is 3. The summed E-state index contributed by atoms with van der Waals surface area (Å²) in [7, 11) is 5.41. The Morgan fingerprint density at radius 3 is 1.36 bits per heavy atom. The lowest BCUT2D eigenvalue weighted by Gasteiger charge is -2.34. The minimum Gasteiger partial charge on any atom is -0.544 e. The molecule has 0 heterocycles. The third-order valence-electron chi connectivity index (χ3n) is 10.7. The van der Waals surface area contributed by atoms with Crippen LogP contribution in [0.3, 0.4) is 0 Å². The summed E-state index contributed by atoms with van der Waals surface area (Å²) >= 11 is 0. The Hall–Kier alpha value is -1.93. The minimum absolute atomic E-state index is 0.0437. The lowest BCUT2D eigenvalue weighted by Crippen LogP contribution is -2.55. The number of allylic oxidation sites excluding steroid dienone is 2. The highest BCUT2D eigenvalue weighted by atomic mass is 16.6. The molecule has 0 aromatic carbocycles. The highest BCUT2D eigenvalue weighted by molar-refractivity contribution is 5.70. The van der Waals surface area contributed by atoms with Crippen molar-refractivity contribution >= 4 is 17.9 Å². The number of nitrogens with zero attached hydrogens (tertiary/aromatic N) is 1. The van der Waals surface area contributed by atoms with E-state index in [1.165, 1.54) is 135 Å². The van der Waals surface area contributed by atoms with E-state index in [9.17, 15) is 19.5 Å². The van der Waals surface area contributed by atoms with Crippen LogP contribution in [0.15, 0.2) is 12.2 Å². The quantitative estimate of drug-likeness (QED) is 0.0263. The van der Waals surface area contributed by atoms with E-state index in [0.29, 0.717) is 12.8 Å². The smallest absolute Gasteiger partial charge is 0.306 e. The zero-order chi connectivity index (χ0) is 40.7. The van der Waals surface area contributed by atoms with E-state index >= 15 is 0 Å². The van der Waals surface area contributed by atoms with Gasteiger partial charge in [-0.25, -0.2) is 0 Å². The molecule has 0 spiro atoms. The van der Waals surface area contributed by atoms with Crippen molar-refractivity contribution in [2.75, 3.05) is 41.0 Å². The van der Waals surface area contributed by atoms with Crippen LogP contribution in [0.25, 0.3) is 0 Å². The van der Waals surface area contributed by atoms with Crippen LogP contribution in [0, 0.1) is 0 Å². The molecular weight excluding hydrogens is 691 g/mol. The molecule has 0 saturated carbocycles. The van der Waals surface area contributed by atoms with Crippen molar-refractivity contribution in [1.82, 2.24) is 0 Å². The minimum atomic E-state index is -1.12. The fourth-order valence-corrected chi connectivity index (χ4v) is 6.99. The van der Waals surface area contributed by atoms with Crippen LogP contribution in [0.2, 0.25) is 0 Å². The first kappa shape index (κ1) is 53.1. The Balaban J connectivity index is 4.22. The van der Waals surface area contributed by atoms with Crippen molar-refractivity contribution in [2.24, 2.45) is 0 Å². The molecule has 55 heavy (non-hydrogen) atoms. The summed E-state index contributed by atoms with van der Waals surface area (Å²) in [6.45, 7) is 4.64. The number of unbranched alkanes of at least 4 members (excludes halogenated alkanes) is 26. The van der Waals surface area contributed by atoms with E-state index in [0.717, 1.165) is 51.4 Å². The third kappa shape index (κ3) is 37.4. The molecule has 0 aliphatic carbocycles. The maximum Gasteiger partial charge on any atom is 0.306 e. The molecule has 2 atom stereocenters. The maximum absolute atomic E-state index is 12.7. The van der Waals surface area contributed by atoms with Gasteiger partial charge in [0.25, 0.3) is 0 Å². The summed E-state index contributed by atoms with van der Waals surface area (Å²) in [5.74, 6) is -1.73. The van der Waals surface area contributed by atoms with Crippen molar-refractivity contribution in [2.45, 2.75) is 231 Å². The number of hydrogen-bond acceptors (Lipinski definition) is 7. The summed E-state index contributed by atoms with van der Waals surface area (Å²) in [5, 5.41) is 11.6. The van der Waals surface area contributed by atoms with Gasteiger partial charge in [0.1, 0.15) is 12.6 Å². The first-order chi connectivity index (χ1) is 26.6. The fourth-order valence-electron chi connectivity index (χ4n) is 6.99. The normalized spacial score (nSPS) is 13.0. The number of carboxylic acid groups (broad SMARTS) is 1. The number of esters is 2. The van der Waals surface area contributed by atoms with Crippen LogP contribution in [0.4, 0.5) is 0 Å². The first-order valence-corrected chi connectivity index (χ1v) is 23.2. The van der Waals surface area contributed by atoms with Crippen molar-refractivity contribution in [1.29, 1.82) is 0 Å². The van der Waals surface area contributed by atoms with Crippen LogP contribution in [-0.4, -0.2) is 75.5 Å². The predicted molar refractivity (Wildman–Crippen MR) is 227 cm³/mol. The van der Waals surface area contributed by atoms with E-state index in [4.69, 9.17) is 14.2 Å². The number of quaternary nitrogens is 1. The van der Waals surface area contributed by atoms with Gasteiger partial charge in [-0.05, 0) is 32.1 Å². The fraction of sp³-hybridized carbons (Fsp3) is 0.894. The van der Waals surface area contributed by atoms with Gasteiger partial charge < -0.3 is 28.6 Å². The molecule has 324 valence electrons. The lowest BCUT2D eigenvalue weighted by molar-refractivity contribution is -0.889. The molecule has 0 N–H and O–H groups in total. The largest absolute Gasteiger partial charge is 0.544 e. The number of carboxylic acids is 1. The van der Waals surface area contributed by atoms with Crippen LogP contribution in [0.5, 0.6) is 0 Å². The van der Waals surface area contributed by atoms with Crippen molar-refractivity contribution in [3.63, 3.8) is 0 Å². The van der Waals surface area contributed by atoms with Gasteiger partial charge >= 0.3 is 11.9 Å². The molecule has 0 radical (unpaired) electrons. The molecule has 0 amide bonds. The number of aliphatic carboxylic acids is 1. The van der Waals surface area contributed by atoms with Gasteiger partial charge in [0.15, 0.2) is 6.10 Å². The van der Waals surface area contributed by atoms with Crippen molar-refractivity contribution in [3.8, 4) is 0 Å². The number of likely N-dealkylation sites (N-methyl/N-ethyl adjacent to an activating group) is 1. The molecule has 0 aliphatic heterocycles. The van der Waals surface area contributed by atoms with Gasteiger partial charge in [0.2, 0.25) is 0 Å². The Kier molecular flexibility index (Phi) is 37.6. The summed E-state index contributed by atoms with van der Waals surface area (Å²) in [6.07, 6.45) is 41.0. The summed E-state index contributed by atoms with van der Waals surface area (Å²) in [4.78, 5) is 36.8. The molecule has 2 unspecified atom stereocenters. The summed E-state index contributed by atoms with van der Waals surface area (Å²) in [6, 6.07) is -0.722. The molecule has 0 rings (SSSR count). The zero-order valence-corrected chi connectivity index (χ0v) is 36.9. The van der Waals surface area contributed by atoms with Gasteiger partial charge in [0.05, 0.1) is 40.3 Å². The molecular formula is C47H89NO7. The predicted octanol–water partition coefficient (Wildman–Crippen LogP) is 11.4. The zero-order valence-electron chi connectivity index (χ0n) is 36.9. The van der Waals surface area contributed by atoms with Gasteiger partial charge in [-0.15, -0.1) is 0 Å². The highest BCUT2D eigenvalue weighted by Crippen LogP contribution is 2.16. The Morgan fingerprint density at radius 1 is 0.527 bits per heavy atom. The molecule has 0 aliphatic rings. The number of ether oxygens (including phenoxy) is 3. The van der Waals surface area contributed by atoms with Crippen molar-refractivity contribution in [3.05, 3.63) is 12.2 Å². The van der Waals surface area contributed by atoms with Crippen LogP contribution in [0.1, 0.15) is 219 Å². The third-order valence-corrected chi connectivity index (χ3v) is 10.7. The van der Waals surface area contributed by atoms with Gasteiger partial charge in [-0.2, -0.15) is 0 Å². The summed E-state index contributed by atoms with van der Waals surface area (Å²) < 4.78 is 17.2. The van der Waals surface area contributed by atoms with Gasteiger partial charge in [-0.1, -0.05) is 180 Å². The van der Waals surface area contributed by atoms with E-state index < -0.39 is 18.1 Å². The van der Waals surface area contributed by atoms with Gasteiger partial charge in [-0.3, -0.25) is 9.59 Å². The second-order valence-electron chi connectivity index (χ2n) is 17.0. The van der Waals surface area contributed by atoms with E-state index in [1.54, 1.807) is 21.1 Å². The van der Waals surface area contributed by atoms with E-state index in [2.05, 4.69) is 26.0 Å². The second kappa shape index (κ2) is 38.9. The van der Waals surface area contributed by atoms with Crippen LogP contribution < -0.4 is 5.11 Å². The second-order valence-corrected chi connectivity index (χ2v) is 17.0. The standard InChI is InChI=1S/C47H89NO7/c1-6-8-10-12-14-16-18-19-20-21-22-23-24-25-26-28-30-32-34-36-38-46(50)55-43(41-53-40-39-44(47(51)52)48(3,4)5)42-54-45(49)37-35-33-31-29-27-17-15-13-11-9-7-2/h13,15,43-44H,6-12,14,16-42H2,1-5H3/b15-13+. The Morgan fingerprint density at radius 2 is 0.927 bits per heavy atom. The van der Waals surface area contributed by atoms with Crippen LogP contribution >= 0.6 is 0 Å². The Labute approximate surface area is 339 Å². The average Bonchev–Trinajstić information content (AvgIpc) is 3.14. The highest BCUT2D eigenvalue weighted by Gasteiger charge is 2.25. The van der Waals surface area contributed by atoms with Crippen molar-refractivity contribution < 1.29 is 38.2 Å². The molecule has 0 aromatic rings. The van der Waals surface area contributed by atoms with Gasteiger partial charge in [0, 0.05) is 19.3 Å².